The first-order valence-corrected chi connectivity index (χ1v) is 7.90. The largest absolute Gasteiger partial charge is 0.339 e. The fraction of sp³-hybridized carbons (Fsp3) is 0.389. The van der Waals surface area contributed by atoms with Gasteiger partial charge in [0.25, 0.3) is 0 Å². The normalized spacial score (nSPS) is 16.0. The number of hydrogen-bond donors (Lipinski definition) is 0. The molecule has 0 spiro atoms. The Hall–Kier alpha value is -2.03. The van der Waals surface area contributed by atoms with E-state index in [0.717, 1.165) is 12.2 Å². The van der Waals surface area contributed by atoms with Gasteiger partial charge in [0.2, 0.25) is 0 Å². The average molecular weight is 279 g/mol. The van der Waals surface area contributed by atoms with E-state index >= 15 is 0 Å². The molecule has 108 valence electrons. The minimum atomic E-state index is 0.626. The van der Waals surface area contributed by atoms with E-state index < -0.39 is 0 Å². The van der Waals surface area contributed by atoms with E-state index in [0.29, 0.717) is 6.04 Å². The first-order valence-electron chi connectivity index (χ1n) is 7.90. The Balaban J connectivity index is 1.64. The van der Waals surface area contributed by atoms with Crippen LogP contribution in [0.4, 0.5) is 0 Å². The van der Waals surface area contributed by atoms with Crippen molar-refractivity contribution in [2.75, 3.05) is 0 Å². The summed E-state index contributed by atoms with van der Waals surface area (Å²) in [5.74, 6) is 0. The van der Waals surface area contributed by atoms with E-state index in [4.69, 9.17) is 5.10 Å². The van der Waals surface area contributed by atoms with Crippen LogP contribution in [-0.2, 0) is 6.54 Å². The molecule has 21 heavy (non-hydrogen) atoms. The first kappa shape index (κ1) is 12.7. The van der Waals surface area contributed by atoms with Crippen molar-refractivity contribution in [3.05, 3.63) is 54.0 Å². The van der Waals surface area contributed by atoms with Crippen molar-refractivity contribution < 1.29 is 0 Å². The molecule has 1 aliphatic carbocycles. The topological polar surface area (TPSA) is 22.8 Å². The molecule has 0 amide bonds. The zero-order chi connectivity index (χ0) is 14.2. The summed E-state index contributed by atoms with van der Waals surface area (Å²) in [5, 5.41) is 6.12. The number of para-hydroxylation sites is 1. The fourth-order valence-electron chi connectivity index (χ4n) is 3.55. The van der Waals surface area contributed by atoms with E-state index in [1.54, 1.807) is 0 Å². The van der Waals surface area contributed by atoms with Gasteiger partial charge in [0, 0.05) is 17.4 Å². The Morgan fingerprint density at radius 2 is 1.95 bits per heavy atom. The monoisotopic (exact) mass is 279 g/mol. The van der Waals surface area contributed by atoms with Crippen molar-refractivity contribution in [1.82, 2.24) is 14.3 Å². The van der Waals surface area contributed by atoms with Gasteiger partial charge in [0.15, 0.2) is 0 Å². The summed E-state index contributed by atoms with van der Waals surface area (Å²) in [6.45, 7) is 3.03. The molecular formula is C18H21N3. The lowest BCUT2D eigenvalue weighted by atomic mass is 10.2. The first-order chi connectivity index (χ1) is 10.3. The second kappa shape index (κ2) is 5.06. The van der Waals surface area contributed by atoms with E-state index in [9.17, 15) is 0 Å². The summed E-state index contributed by atoms with van der Waals surface area (Å²) in [6, 6.07) is 13.6. The average Bonchev–Trinajstić information content (AvgIpc) is 3.20. The highest BCUT2D eigenvalue weighted by Crippen LogP contribution is 2.29. The van der Waals surface area contributed by atoms with Gasteiger partial charge in [-0.2, -0.15) is 5.10 Å². The van der Waals surface area contributed by atoms with Crippen molar-refractivity contribution in [3.63, 3.8) is 0 Å². The van der Waals surface area contributed by atoms with Crippen LogP contribution in [0.3, 0.4) is 0 Å². The number of nitrogens with zero attached hydrogens (tertiary/aromatic N) is 3. The van der Waals surface area contributed by atoms with Crippen LogP contribution in [-0.4, -0.2) is 14.3 Å². The summed E-state index contributed by atoms with van der Waals surface area (Å²) in [7, 11) is 0. The van der Waals surface area contributed by atoms with Gasteiger partial charge in [-0.3, -0.25) is 4.68 Å². The van der Waals surface area contributed by atoms with Gasteiger partial charge >= 0.3 is 0 Å². The Labute approximate surface area is 125 Å². The van der Waals surface area contributed by atoms with Gasteiger partial charge in [-0.1, -0.05) is 31.0 Å². The maximum absolute atomic E-state index is 4.81. The lowest BCUT2D eigenvalue weighted by Gasteiger charge is -2.09. The molecule has 3 nitrogen and oxygen atoms in total. The molecular weight excluding hydrogens is 258 g/mol. The second-order valence-electron chi connectivity index (χ2n) is 6.16. The summed E-state index contributed by atoms with van der Waals surface area (Å²) in [6.07, 6.45) is 7.42. The molecule has 0 saturated heterocycles. The van der Waals surface area contributed by atoms with Gasteiger partial charge in [-0.15, -0.1) is 0 Å². The predicted molar refractivity (Wildman–Crippen MR) is 85.5 cm³/mol. The highest BCUT2D eigenvalue weighted by atomic mass is 15.3. The Morgan fingerprint density at radius 3 is 2.81 bits per heavy atom. The van der Waals surface area contributed by atoms with Gasteiger partial charge < -0.3 is 4.57 Å². The van der Waals surface area contributed by atoms with Crippen LogP contribution in [0.15, 0.2) is 42.6 Å². The SMILES string of the molecule is Cc1cc2ccccc2n1Cc1ccn(C2CCCC2)n1. The van der Waals surface area contributed by atoms with E-state index in [1.165, 1.54) is 42.3 Å². The molecule has 3 aromatic rings. The quantitative estimate of drug-likeness (QED) is 0.700. The molecule has 0 atom stereocenters. The molecule has 0 N–H and O–H groups in total. The minimum Gasteiger partial charge on any atom is -0.339 e. The second-order valence-corrected chi connectivity index (χ2v) is 6.16. The van der Waals surface area contributed by atoms with Gasteiger partial charge in [0.1, 0.15) is 0 Å². The Morgan fingerprint density at radius 1 is 1.14 bits per heavy atom. The van der Waals surface area contributed by atoms with E-state index in [2.05, 4.69) is 58.8 Å². The fourth-order valence-corrected chi connectivity index (χ4v) is 3.55. The summed E-state index contributed by atoms with van der Waals surface area (Å²) in [4.78, 5) is 0. The number of aryl methyl sites for hydroxylation is 1. The predicted octanol–water partition coefficient (Wildman–Crippen LogP) is 4.31. The third-order valence-electron chi connectivity index (χ3n) is 4.70. The molecule has 1 aromatic carbocycles. The molecule has 2 aromatic heterocycles. The third-order valence-corrected chi connectivity index (χ3v) is 4.70. The van der Waals surface area contributed by atoms with Crippen LogP contribution in [0.2, 0.25) is 0 Å². The number of rotatable bonds is 3. The van der Waals surface area contributed by atoms with Crippen LogP contribution in [0.5, 0.6) is 0 Å². The van der Waals surface area contributed by atoms with Gasteiger partial charge in [-0.05, 0) is 43.4 Å². The highest BCUT2D eigenvalue weighted by Gasteiger charge is 2.17. The summed E-state index contributed by atoms with van der Waals surface area (Å²) < 4.78 is 4.54. The number of aromatic nitrogens is 3. The molecule has 2 heterocycles. The summed E-state index contributed by atoms with van der Waals surface area (Å²) in [5.41, 5.74) is 3.75. The van der Waals surface area contributed by atoms with E-state index in [1.807, 2.05) is 0 Å². The maximum Gasteiger partial charge on any atom is 0.0822 e. The molecule has 0 unspecified atom stereocenters. The zero-order valence-electron chi connectivity index (χ0n) is 12.5. The van der Waals surface area contributed by atoms with Crippen LogP contribution < -0.4 is 0 Å². The van der Waals surface area contributed by atoms with Crippen molar-refractivity contribution in [1.29, 1.82) is 0 Å². The van der Waals surface area contributed by atoms with E-state index in [-0.39, 0.29) is 0 Å². The molecule has 1 aliphatic rings. The minimum absolute atomic E-state index is 0.626. The third kappa shape index (κ3) is 2.27. The van der Waals surface area contributed by atoms with Crippen LogP contribution in [0, 0.1) is 6.92 Å². The molecule has 0 aliphatic heterocycles. The lowest BCUT2D eigenvalue weighted by Crippen LogP contribution is -2.07. The van der Waals surface area contributed by atoms with Gasteiger partial charge in [-0.25, -0.2) is 0 Å². The number of benzene rings is 1. The maximum atomic E-state index is 4.81. The van der Waals surface area contributed by atoms with Crippen molar-refractivity contribution >= 4 is 10.9 Å². The van der Waals surface area contributed by atoms with Crippen LogP contribution in [0.25, 0.3) is 10.9 Å². The molecule has 0 bridgehead atoms. The molecule has 3 heteroatoms. The van der Waals surface area contributed by atoms with Crippen molar-refractivity contribution in [3.8, 4) is 0 Å². The van der Waals surface area contributed by atoms with Crippen LogP contribution in [0.1, 0.15) is 43.1 Å². The molecule has 0 radical (unpaired) electrons. The summed E-state index contributed by atoms with van der Waals surface area (Å²) >= 11 is 0. The lowest BCUT2D eigenvalue weighted by molar-refractivity contribution is 0.462. The molecule has 1 fully saturated rings. The molecule has 1 saturated carbocycles. The van der Waals surface area contributed by atoms with Crippen molar-refractivity contribution in [2.24, 2.45) is 0 Å². The number of fused-ring (bicyclic) bond motifs is 1. The standard InChI is InChI=1S/C18H21N3/c1-14-12-15-6-2-5-9-18(15)20(14)13-16-10-11-21(19-16)17-7-3-4-8-17/h2,5-6,9-12,17H,3-4,7-8,13H2,1H3. The van der Waals surface area contributed by atoms with Crippen LogP contribution >= 0.6 is 0 Å². The van der Waals surface area contributed by atoms with Crippen molar-refractivity contribution in [2.45, 2.75) is 45.2 Å². The number of hydrogen-bond acceptors (Lipinski definition) is 1. The molecule has 4 rings (SSSR count). The smallest absolute Gasteiger partial charge is 0.0822 e. The Kier molecular flexibility index (Phi) is 3.06. The zero-order valence-corrected chi connectivity index (χ0v) is 12.5. The Bertz CT molecular complexity index is 760. The van der Waals surface area contributed by atoms with Gasteiger partial charge in [0.05, 0.1) is 18.3 Å². The highest BCUT2D eigenvalue weighted by molar-refractivity contribution is 5.81.